The minimum absolute atomic E-state index is 0.0138. The highest BCUT2D eigenvalue weighted by molar-refractivity contribution is 5.73. The van der Waals surface area contributed by atoms with Gasteiger partial charge < -0.3 is 144 Å². The Bertz CT molecular complexity index is 2530. The molecule has 30 nitrogen and oxygen atoms in total. The highest BCUT2D eigenvalue weighted by atomic mass is 16.8. The topological polar surface area (TPSA) is 494 Å². The number of ether oxygens (including phenoxy) is 10. The Hall–Kier alpha value is -1.65. The van der Waals surface area contributed by atoms with Crippen LogP contribution in [-0.2, 0) is 52.2 Å². The molecule has 30 heteroatoms. The van der Waals surface area contributed by atoms with Gasteiger partial charge in [-0.15, -0.1) is 0 Å². The molecule has 10 fully saturated rings. The Kier molecular flexibility index (Phi) is 20.3. The second-order valence-corrected chi connectivity index (χ2v) is 30.3. The van der Waals surface area contributed by atoms with E-state index in [1.807, 2.05) is 34.6 Å². The van der Waals surface area contributed by atoms with Crippen molar-refractivity contribution in [3.05, 3.63) is 0 Å². The van der Waals surface area contributed by atoms with Crippen molar-refractivity contribution in [1.29, 1.82) is 0 Å². The van der Waals surface area contributed by atoms with Gasteiger partial charge in [-0.05, 0) is 106 Å². The van der Waals surface area contributed by atoms with E-state index < -0.39 is 247 Å². The lowest BCUT2D eigenvalue weighted by Crippen LogP contribution is -2.81. The molecule has 5 aliphatic heterocycles. The van der Waals surface area contributed by atoms with Crippen LogP contribution in [0.5, 0.6) is 0 Å². The average molecular weight is 1320 g/mol. The fourth-order valence-corrected chi connectivity index (χ4v) is 19.4. The molecule has 0 aromatic rings. The molecule has 5 saturated heterocycles. The summed E-state index contributed by atoms with van der Waals surface area (Å²) in [4.78, 5) is 13.4. The van der Waals surface area contributed by atoms with Crippen molar-refractivity contribution in [3.63, 3.8) is 0 Å². The van der Waals surface area contributed by atoms with Gasteiger partial charge in [-0.25, -0.2) is 4.79 Å². The van der Waals surface area contributed by atoms with Crippen LogP contribution in [0.4, 0.5) is 0 Å². The predicted molar refractivity (Wildman–Crippen MR) is 303 cm³/mol. The number of fused-ring (bicyclic) bond motifs is 7. The van der Waals surface area contributed by atoms with E-state index in [-0.39, 0.29) is 37.5 Å². The van der Waals surface area contributed by atoms with E-state index in [9.17, 15) is 102 Å². The van der Waals surface area contributed by atoms with Crippen molar-refractivity contribution >= 4 is 5.97 Å². The summed E-state index contributed by atoms with van der Waals surface area (Å²) in [7, 11) is 0. The smallest absolute Gasteiger partial charge is 0.335 e. The van der Waals surface area contributed by atoms with Gasteiger partial charge in [-0.3, -0.25) is 0 Å². The van der Waals surface area contributed by atoms with Crippen molar-refractivity contribution in [2.24, 2.45) is 50.2 Å². The number of hydrogen-bond acceptors (Lipinski definition) is 29. The Labute approximate surface area is 527 Å². The van der Waals surface area contributed by atoms with Crippen LogP contribution >= 0.6 is 0 Å². The zero-order chi connectivity index (χ0) is 67.3. The minimum atomic E-state index is -2.36. The third-order valence-electron chi connectivity index (χ3n) is 24.9. The van der Waals surface area contributed by atoms with Gasteiger partial charge in [0.1, 0.15) is 104 Å². The van der Waals surface area contributed by atoms with Gasteiger partial charge in [-0.2, -0.15) is 0 Å². The molecule has 38 atom stereocenters. The lowest BCUT2D eigenvalue weighted by atomic mass is 9.29. The number of aliphatic carboxylic acids is 1. The molecule has 0 spiro atoms. The second-order valence-electron chi connectivity index (χ2n) is 30.3. The molecule has 5 aliphatic carbocycles. The number of aliphatic hydroxyl groups is 18. The molecular formula is C61H102O30. The van der Waals surface area contributed by atoms with Gasteiger partial charge >= 0.3 is 5.97 Å². The number of carboxylic acids is 1. The van der Waals surface area contributed by atoms with E-state index in [1.54, 1.807) is 0 Å². The molecule has 10 aliphatic rings. The highest BCUT2D eigenvalue weighted by Crippen LogP contribution is 2.78. The summed E-state index contributed by atoms with van der Waals surface area (Å²) in [6.07, 6.45) is -51.6. The number of hydrogen-bond donors (Lipinski definition) is 19. The summed E-state index contributed by atoms with van der Waals surface area (Å²) < 4.78 is 61.5. The lowest BCUT2D eigenvalue weighted by Gasteiger charge is -2.77. The largest absolute Gasteiger partial charge is 0.479 e. The highest BCUT2D eigenvalue weighted by Gasteiger charge is 2.80. The lowest BCUT2D eigenvalue weighted by molar-refractivity contribution is -0.412. The summed E-state index contributed by atoms with van der Waals surface area (Å²) in [5.74, 6) is -2.91. The van der Waals surface area contributed by atoms with Gasteiger partial charge in [-0.1, -0.05) is 48.5 Å². The normalized spacial score (nSPS) is 56.7. The van der Waals surface area contributed by atoms with E-state index >= 15 is 0 Å². The molecule has 13 unspecified atom stereocenters. The summed E-state index contributed by atoms with van der Waals surface area (Å²) in [5, 5.41) is 216. The first-order valence-electron chi connectivity index (χ1n) is 32.2. The zero-order valence-corrected chi connectivity index (χ0v) is 53.1. The maximum Gasteiger partial charge on any atom is 0.335 e. The molecule has 5 heterocycles. The first kappa shape index (κ1) is 72.1. The molecule has 0 amide bonds. The molecule has 91 heavy (non-hydrogen) atoms. The van der Waals surface area contributed by atoms with Crippen molar-refractivity contribution < 1.29 is 149 Å². The van der Waals surface area contributed by atoms with E-state index in [1.165, 1.54) is 20.8 Å². The van der Waals surface area contributed by atoms with Gasteiger partial charge in [0.05, 0.1) is 67.0 Å². The molecule has 10 rings (SSSR count). The fourth-order valence-electron chi connectivity index (χ4n) is 19.4. The fraction of sp³-hybridized carbons (Fsp3) is 0.984. The molecular weight excluding hydrogens is 1210 g/mol. The maximum atomic E-state index is 13.6. The first-order valence-corrected chi connectivity index (χ1v) is 32.2. The standard InChI is InChI=1S/C61H102O30/c1-21-31(66)35(70)39(74)50(82-21)89-44-37(72)32(67)22(2)83-52(44)90-45-38(73)34(69)25(20-63)85-53(45)87-42-41(76)43(49(79)80)88-54(46(42)91-51-40(75)36(71)33(68)24(19-62)84-51)86-30-13-14-57(8)26(56(30,6)7)11-15-58(9)27(57)12-16-60(81)28-17-55(4,5)47(77)48(78)61(28,23(3)64)29(65)18-59(58,60)10/h21-48,50-54,62-78,81H,11-20H2,1-10H3,(H,79,80)/t21?,22?,23-,24?,25?,26?,27?,28?,29+,30-,31-,32-,33-,34-,35-,36+,37-,38+,39?,40?,41-,42+,43?,44?,45?,46?,47-,48-,50-,51-,52-,53-,54+,57-,58+,59-,60-,61-/m0/s1. The molecule has 19 N–H and O–H groups in total. The first-order chi connectivity index (χ1) is 42.3. The Morgan fingerprint density at radius 2 is 0.967 bits per heavy atom. The van der Waals surface area contributed by atoms with E-state index in [0.717, 1.165) is 0 Å². The van der Waals surface area contributed by atoms with Crippen LogP contribution in [0.15, 0.2) is 0 Å². The quantitative estimate of drug-likeness (QED) is 0.0724. The molecule has 0 aromatic carbocycles. The third-order valence-corrected chi connectivity index (χ3v) is 24.9. The van der Waals surface area contributed by atoms with E-state index in [0.29, 0.717) is 25.7 Å². The summed E-state index contributed by atoms with van der Waals surface area (Å²) >= 11 is 0. The van der Waals surface area contributed by atoms with Crippen molar-refractivity contribution in [2.75, 3.05) is 13.2 Å². The average Bonchev–Trinajstić information content (AvgIpc) is 0.656. The second kappa shape index (κ2) is 25.6. The van der Waals surface area contributed by atoms with Crippen LogP contribution in [-0.4, -0.2) is 306 Å². The van der Waals surface area contributed by atoms with E-state index in [4.69, 9.17) is 47.4 Å². The zero-order valence-electron chi connectivity index (χ0n) is 53.1. The predicted octanol–water partition coefficient (Wildman–Crippen LogP) is -5.09. The van der Waals surface area contributed by atoms with Crippen molar-refractivity contribution in [3.8, 4) is 0 Å². The number of rotatable bonds is 14. The summed E-state index contributed by atoms with van der Waals surface area (Å²) in [6, 6.07) is 0. The van der Waals surface area contributed by atoms with Crippen LogP contribution in [0.2, 0.25) is 0 Å². The molecule has 5 saturated carbocycles. The molecule has 526 valence electrons. The van der Waals surface area contributed by atoms with Crippen molar-refractivity contribution in [1.82, 2.24) is 0 Å². The molecule has 0 bridgehead atoms. The Morgan fingerprint density at radius 1 is 0.495 bits per heavy atom. The van der Waals surface area contributed by atoms with Gasteiger partial charge in [0, 0.05) is 11.3 Å². The monoisotopic (exact) mass is 1310 g/mol. The van der Waals surface area contributed by atoms with Crippen LogP contribution < -0.4 is 0 Å². The van der Waals surface area contributed by atoms with Crippen LogP contribution in [0.3, 0.4) is 0 Å². The third kappa shape index (κ3) is 11.2. The van der Waals surface area contributed by atoms with Gasteiger partial charge in [0.15, 0.2) is 37.6 Å². The van der Waals surface area contributed by atoms with Crippen LogP contribution in [0.1, 0.15) is 121 Å². The Balaban J connectivity index is 0.978. The number of carbonyl (C=O) groups is 1. The Morgan fingerprint density at radius 3 is 1.55 bits per heavy atom. The maximum absolute atomic E-state index is 13.6. The summed E-state index contributed by atoms with van der Waals surface area (Å²) in [5.41, 5.74) is -7.14. The number of aliphatic hydroxyl groups excluding tert-OH is 17. The van der Waals surface area contributed by atoms with Gasteiger partial charge in [0.25, 0.3) is 0 Å². The van der Waals surface area contributed by atoms with Crippen LogP contribution in [0.25, 0.3) is 0 Å². The molecule has 0 aromatic heterocycles. The minimum Gasteiger partial charge on any atom is -0.479 e. The van der Waals surface area contributed by atoms with Gasteiger partial charge in [0.2, 0.25) is 0 Å². The van der Waals surface area contributed by atoms with Crippen molar-refractivity contribution in [2.45, 2.75) is 310 Å². The summed E-state index contributed by atoms with van der Waals surface area (Å²) in [6.45, 7) is 16.1. The SMILES string of the molecule is CC1O[C@@H](OC2[C@H](OC3[C@H](O[C@H]4C(O[C@@H]5OC(CO)[C@H](O)[C@@H](O)C5O)[C@H](O[C@H]5CC[C@@]6(C)C(CC[C@]7(C)C6CC[C@]6(O)C8CC(C)(C)[C@@H](O)[C@H](O)[C@]8([C@H](C)O)[C@H](O)C[C@@]76C)C5(C)C)OC(C(=O)O)[C@H]4O)OC(CO)[C@H](O)[C@H]3O)OC(C)[C@H](O)[C@@H]2O)C(O)[C@@H](O)[C@H]1O. The van der Waals surface area contributed by atoms with Crippen LogP contribution in [0, 0.1) is 50.2 Å². The van der Waals surface area contributed by atoms with E-state index in [2.05, 4.69) is 13.8 Å². The number of carboxylic acid groups (broad SMARTS) is 1. The molecule has 0 radical (unpaired) electrons.